The summed E-state index contributed by atoms with van der Waals surface area (Å²) in [6.07, 6.45) is 12.1. The molecule has 0 aliphatic carbocycles. The molecule has 0 spiro atoms. The lowest BCUT2D eigenvalue weighted by atomic mass is 10.2. The van der Waals surface area contributed by atoms with Crippen LogP contribution in [0.15, 0.2) is 48.6 Å². The second kappa shape index (κ2) is 13.0. The van der Waals surface area contributed by atoms with Crippen LogP contribution in [0.25, 0.3) is 0 Å². The van der Waals surface area contributed by atoms with Crippen molar-refractivity contribution >= 4 is 0 Å². The molecule has 0 aromatic heterocycles. The molecule has 0 heterocycles. The van der Waals surface area contributed by atoms with E-state index >= 15 is 0 Å². The number of unbranched alkanes of at least 4 members (excludes halogenated alkanes) is 2. The van der Waals surface area contributed by atoms with Gasteiger partial charge >= 0.3 is 0 Å². The van der Waals surface area contributed by atoms with E-state index in [0.29, 0.717) is 0 Å². The number of hydrogen-bond donors (Lipinski definition) is 0. The average Bonchev–Trinajstić information content (AvgIpc) is 2.17. The van der Waals surface area contributed by atoms with E-state index in [9.17, 15) is 0 Å². The Morgan fingerprint density at radius 2 is 1.53 bits per heavy atom. The molecule has 0 aliphatic rings. The van der Waals surface area contributed by atoms with Crippen molar-refractivity contribution in [2.24, 2.45) is 0 Å². The monoisotopic (exact) mass is 206 g/mol. The predicted octanol–water partition coefficient (Wildman–Crippen LogP) is 5.45. The fourth-order valence-electron chi connectivity index (χ4n) is 0.773. The largest absolute Gasteiger partial charge is 0.0961 e. The molecule has 0 N–H and O–H groups in total. The van der Waals surface area contributed by atoms with Gasteiger partial charge in [-0.05, 0) is 27.2 Å². The van der Waals surface area contributed by atoms with Crippen molar-refractivity contribution < 1.29 is 0 Å². The Morgan fingerprint density at radius 1 is 1.07 bits per heavy atom. The third kappa shape index (κ3) is 24.6. The zero-order chi connectivity index (χ0) is 12.1. The Balaban J connectivity index is 0. The molecular formula is C15H26. The normalized spacial score (nSPS) is 10.1. The smallest absolute Gasteiger partial charge is 0.0351 e. The molecule has 0 rings (SSSR count). The van der Waals surface area contributed by atoms with E-state index in [0.717, 1.165) is 11.1 Å². The van der Waals surface area contributed by atoms with Gasteiger partial charge in [-0.15, -0.1) is 0 Å². The summed E-state index contributed by atoms with van der Waals surface area (Å²) in [6.45, 7) is 15.6. The van der Waals surface area contributed by atoms with Gasteiger partial charge in [0, 0.05) is 0 Å². The van der Waals surface area contributed by atoms with Crippen LogP contribution in [0.1, 0.15) is 47.0 Å². The topological polar surface area (TPSA) is 0 Å². The van der Waals surface area contributed by atoms with Crippen LogP contribution >= 0.6 is 0 Å². The molecule has 0 radical (unpaired) electrons. The van der Waals surface area contributed by atoms with E-state index in [1.165, 1.54) is 19.3 Å². The Kier molecular flexibility index (Phi) is 14.2. The summed E-state index contributed by atoms with van der Waals surface area (Å²) in [5.41, 5.74) is 2.13. The molecule has 0 aromatic carbocycles. The van der Waals surface area contributed by atoms with Crippen LogP contribution in [0, 0.1) is 0 Å². The van der Waals surface area contributed by atoms with Crippen molar-refractivity contribution in [2.75, 3.05) is 0 Å². The van der Waals surface area contributed by atoms with Gasteiger partial charge in [0.15, 0.2) is 0 Å². The molecule has 0 amide bonds. The highest BCUT2D eigenvalue weighted by Crippen LogP contribution is 1.94. The quantitative estimate of drug-likeness (QED) is 0.319. The lowest BCUT2D eigenvalue weighted by molar-refractivity contribution is 0.814. The van der Waals surface area contributed by atoms with Gasteiger partial charge in [-0.2, -0.15) is 0 Å². The molecular weight excluding hydrogens is 180 g/mol. The first-order valence-electron chi connectivity index (χ1n) is 5.64. The summed E-state index contributed by atoms with van der Waals surface area (Å²) in [7, 11) is 0. The molecule has 86 valence electrons. The first-order valence-corrected chi connectivity index (χ1v) is 5.64. The van der Waals surface area contributed by atoms with E-state index < -0.39 is 0 Å². The fraction of sp³-hybridized carbons (Fsp3) is 0.467. The van der Waals surface area contributed by atoms with Gasteiger partial charge in [-0.1, -0.05) is 68.4 Å². The maximum atomic E-state index is 3.70. The second-order valence-corrected chi connectivity index (χ2v) is 3.74. The van der Waals surface area contributed by atoms with Crippen molar-refractivity contribution in [1.82, 2.24) is 0 Å². The highest BCUT2D eigenvalue weighted by atomic mass is 13.8. The number of hydrogen-bond acceptors (Lipinski definition) is 0. The summed E-state index contributed by atoms with van der Waals surface area (Å²) >= 11 is 0. The van der Waals surface area contributed by atoms with Gasteiger partial charge in [-0.25, -0.2) is 0 Å². The molecule has 0 aliphatic heterocycles. The Morgan fingerprint density at radius 3 is 1.80 bits per heavy atom. The minimum atomic E-state index is 1.06. The maximum Gasteiger partial charge on any atom is -0.0351 e. The van der Waals surface area contributed by atoms with E-state index in [4.69, 9.17) is 0 Å². The van der Waals surface area contributed by atoms with Crippen LogP contribution in [0.4, 0.5) is 0 Å². The Hall–Kier alpha value is -1.04. The molecule has 0 saturated heterocycles. The Bertz CT molecular complexity index is 200. The van der Waals surface area contributed by atoms with Gasteiger partial charge in [0.1, 0.15) is 0 Å². The van der Waals surface area contributed by atoms with Gasteiger partial charge in [0.25, 0.3) is 0 Å². The van der Waals surface area contributed by atoms with Crippen LogP contribution in [-0.2, 0) is 0 Å². The lowest BCUT2D eigenvalue weighted by Crippen LogP contribution is -1.63. The minimum Gasteiger partial charge on any atom is -0.0961 e. The average molecular weight is 206 g/mol. The van der Waals surface area contributed by atoms with Crippen LogP contribution < -0.4 is 0 Å². The number of rotatable bonds is 5. The second-order valence-electron chi connectivity index (χ2n) is 3.74. The van der Waals surface area contributed by atoms with E-state index in [2.05, 4.69) is 39.2 Å². The van der Waals surface area contributed by atoms with Gasteiger partial charge < -0.3 is 0 Å². The summed E-state index contributed by atoms with van der Waals surface area (Å²) in [5.74, 6) is 0. The minimum absolute atomic E-state index is 1.06. The summed E-state index contributed by atoms with van der Waals surface area (Å²) < 4.78 is 0. The maximum absolute atomic E-state index is 3.70. The highest BCUT2D eigenvalue weighted by molar-refractivity contribution is 5.20. The first kappa shape index (κ1) is 16.4. The van der Waals surface area contributed by atoms with E-state index in [-0.39, 0.29) is 0 Å². The van der Waals surface area contributed by atoms with Crippen molar-refractivity contribution in [1.29, 1.82) is 0 Å². The van der Waals surface area contributed by atoms with Crippen LogP contribution in [-0.4, -0.2) is 0 Å². The van der Waals surface area contributed by atoms with Crippen LogP contribution in [0.5, 0.6) is 0 Å². The molecule has 0 aromatic rings. The molecule has 0 nitrogen and oxygen atoms in total. The summed E-state index contributed by atoms with van der Waals surface area (Å²) in [4.78, 5) is 0. The fourth-order valence-corrected chi connectivity index (χ4v) is 0.773. The van der Waals surface area contributed by atoms with Crippen molar-refractivity contribution in [2.45, 2.75) is 47.0 Å². The highest BCUT2D eigenvalue weighted by Gasteiger charge is 1.73. The van der Waals surface area contributed by atoms with Gasteiger partial charge in [0.2, 0.25) is 0 Å². The van der Waals surface area contributed by atoms with Crippen molar-refractivity contribution in [3.05, 3.63) is 48.6 Å². The summed E-state index contributed by atoms with van der Waals surface area (Å²) in [6, 6.07) is 0. The van der Waals surface area contributed by atoms with Gasteiger partial charge in [-0.3, -0.25) is 0 Å². The van der Waals surface area contributed by atoms with E-state index in [1.807, 2.05) is 26.0 Å². The van der Waals surface area contributed by atoms with Crippen molar-refractivity contribution in [3.63, 3.8) is 0 Å². The first-order chi connectivity index (χ1) is 7.04. The van der Waals surface area contributed by atoms with Crippen molar-refractivity contribution in [3.8, 4) is 0 Å². The standard InChI is InChI=1S/C8H12.C7H14/c1-7(2)5-6-8(3)4;1-3-5-7-6-4-2/h5-6H,1,3H2,2,4H3;3,5H,4,6-7H2,1-2H3/b6-5-;5-3+. The third-order valence-corrected chi connectivity index (χ3v) is 1.61. The Labute approximate surface area is 96.1 Å². The van der Waals surface area contributed by atoms with Gasteiger partial charge in [0.05, 0.1) is 0 Å². The molecule has 0 unspecified atom stereocenters. The third-order valence-electron chi connectivity index (χ3n) is 1.61. The lowest BCUT2D eigenvalue weighted by Gasteiger charge is -1.84. The molecule has 0 bridgehead atoms. The molecule has 0 atom stereocenters. The van der Waals surface area contributed by atoms with E-state index in [1.54, 1.807) is 0 Å². The SMILES string of the molecule is C/C=C/CCCC.C=C(C)/C=C\C(=C)C. The number of allylic oxidation sites excluding steroid dienone is 6. The molecule has 0 fully saturated rings. The van der Waals surface area contributed by atoms with Crippen LogP contribution in [0.3, 0.4) is 0 Å². The summed E-state index contributed by atoms with van der Waals surface area (Å²) in [5, 5.41) is 0. The predicted molar refractivity (Wildman–Crippen MR) is 73.1 cm³/mol. The van der Waals surface area contributed by atoms with Crippen LogP contribution in [0.2, 0.25) is 0 Å². The zero-order valence-corrected chi connectivity index (χ0v) is 10.8. The molecule has 0 heteroatoms. The molecule has 0 saturated carbocycles. The molecule has 15 heavy (non-hydrogen) atoms. The zero-order valence-electron chi connectivity index (χ0n) is 10.8.